The van der Waals surface area contributed by atoms with Gasteiger partial charge in [0, 0.05) is 18.7 Å². The molecule has 6 heteroatoms. The molecule has 0 aliphatic heterocycles. The van der Waals surface area contributed by atoms with Crippen LogP contribution in [0.15, 0.2) is 18.2 Å². The second-order valence-electron chi connectivity index (χ2n) is 4.94. The molecule has 0 aromatic heterocycles. The first-order chi connectivity index (χ1) is 8.75. The van der Waals surface area contributed by atoms with Crippen LogP contribution in [0.25, 0.3) is 0 Å². The summed E-state index contributed by atoms with van der Waals surface area (Å²) in [6, 6.07) is 2.39. The Kier molecular flexibility index (Phi) is 7.09. The van der Waals surface area contributed by atoms with Crippen molar-refractivity contribution in [1.82, 2.24) is 4.90 Å². The van der Waals surface area contributed by atoms with Gasteiger partial charge < -0.3 is 10.6 Å². The van der Waals surface area contributed by atoms with Crippen LogP contribution in [0, 0.1) is 17.6 Å². The number of carbonyl (C=O) groups is 1. The SMILES string of the molecule is CC(N)C(C)C(=O)N(C)C(C)c1cc(F)ccc1F.Cl. The first-order valence-corrected chi connectivity index (χ1v) is 6.23. The summed E-state index contributed by atoms with van der Waals surface area (Å²) in [4.78, 5) is 13.5. The molecule has 2 N–H and O–H groups in total. The van der Waals surface area contributed by atoms with Gasteiger partial charge in [-0.25, -0.2) is 8.78 Å². The van der Waals surface area contributed by atoms with Gasteiger partial charge in [0.05, 0.1) is 12.0 Å². The molecule has 1 aromatic rings. The molecular formula is C14H21ClF2N2O. The van der Waals surface area contributed by atoms with E-state index >= 15 is 0 Å². The van der Waals surface area contributed by atoms with Gasteiger partial charge in [0.1, 0.15) is 11.6 Å². The van der Waals surface area contributed by atoms with Gasteiger partial charge in [-0.3, -0.25) is 4.79 Å². The lowest BCUT2D eigenvalue weighted by molar-refractivity contribution is -0.136. The Morgan fingerprint density at radius 3 is 2.30 bits per heavy atom. The molecule has 0 bridgehead atoms. The first kappa shape index (κ1) is 18.8. The summed E-state index contributed by atoms with van der Waals surface area (Å²) in [6.45, 7) is 5.12. The molecule has 1 rings (SSSR count). The molecule has 0 radical (unpaired) electrons. The fourth-order valence-corrected chi connectivity index (χ4v) is 1.78. The van der Waals surface area contributed by atoms with Crippen molar-refractivity contribution in [3.63, 3.8) is 0 Å². The second-order valence-corrected chi connectivity index (χ2v) is 4.94. The van der Waals surface area contributed by atoms with Crippen molar-refractivity contribution in [2.24, 2.45) is 11.7 Å². The van der Waals surface area contributed by atoms with E-state index in [0.29, 0.717) is 0 Å². The van der Waals surface area contributed by atoms with Crippen molar-refractivity contribution in [2.45, 2.75) is 32.9 Å². The van der Waals surface area contributed by atoms with Gasteiger partial charge in [-0.1, -0.05) is 6.92 Å². The summed E-state index contributed by atoms with van der Waals surface area (Å²) in [6.07, 6.45) is 0. The van der Waals surface area contributed by atoms with Gasteiger partial charge >= 0.3 is 0 Å². The number of carbonyl (C=O) groups excluding carboxylic acids is 1. The molecule has 0 saturated heterocycles. The minimum absolute atomic E-state index is 0. The van der Waals surface area contributed by atoms with Crippen LogP contribution in [0.2, 0.25) is 0 Å². The normalized spacial score (nSPS) is 14.9. The third kappa shape index (κ3) is 4.15. The number of amides is 1. The molecule has 0 aliphatic carbocycles. The number of benzene rings is 1. The van der Waals surface area contributed by atoms with E-state index in [9.17, 15) is 13.6 Å². The van der Waals surface area contributed by atoms with Crippen LogP contribution in [0.1, 0.15) is 32.4 Å². The quantitative estimate of drug-likeness (QED) is 0.929. The molecule has 0 aliphatic rings. The van der Waals surface area contributed by atoms with Crippen LogP contribution >= 0.6 is 12.4 Å². The van der Waals surface area contributed by atoms with Crippen LogP contribution < -0.4 is 5.73 Å². The average Bonchev–Trinajstić information content (AvgIpc) is 2.37. The highest BCUT2D eigenvalue weighted by molar-refractivity contribution is 5.85. The number of nitrogens with two attached hydrogens (primary N) is 1. The molecule has 1 aromatic carbocycles. The maximum Gasteiger partial charge on any atom is 0.227 e. The van der Waals surface area contributed by atoms with Crippen LogP contribution in [-0.2, 0) is 4.79 Å². The predicted molar refractivity (Wildman–Crippen MR) is 77.6 cm³/mol. The van der Waals surface area contributed by atoms with Crippen molar-refractivity contribution >= 4 is 18.3 Å². The summed E-state index contributed by atoms with van der Waals surface area (Å²) < 4.78 is 26.8. The minimum atomic E-state index is -0.551. The van der Waals surface area contributed by atoms with Crippen molar-refractivity contribution in [1.29, 1.82) is 0 Å². The fourth-order valence-electron chi connectivity index (χ4n) is 1.78. The van der Waals surface area contributed by atoms with Crippen LogP contribution in [0.4, 0.5) is 8.78 Å². The predicted octanol–water partition coefficient (Wildman–Crippen LogP) is 2.89. The summed E-state index contributed by atoms with van der Waals surface area (Å²) in [5.41, 5.74) is 5.85. The number of hydrogen-bond donors (Lipinski definition) is 1. The van der Waals surface area contributed by atoms with Crippen molar-refractivity contribution in [3.05, 3.63) is 35.4 Å². The molecular weight excluding hydrogens is 286 g/mol. The van der Waals surface area contributed by atoms with Gasteiger partial charge in [0.25, 0.3) is 0 Å². The molecule has 3 nitrogen and oxygen atoms in total. The zero-order valence-electron chi connectivity index (χ0n) is 12.1. The van der Waals surface area contributed by atoms with E-state index < -0.39 is 17.7 Å². The fraction of sp³-hybridized carbons (Fsp3) is 0.500. The van der Waals surface area contributed by atoms with E-state index in [0.717, 1.165) is 18.2 Å². The van der Waals surface area contributed by atoms with Crippen molar-refractivity contribution < 1.29 is 13.6 Å². The molecule has 0 spiro atoms. The van der Waals surface area contributed by atoms with Gasteiger partial charge in [0.15, 0.2) is 0 Å². The maximum atomic E-state index is 13.7. The van der Waals surface area contributed by atoms with Crippen LogP contribution in [0.3, 0.4) is 0 Å². The topological polar surface area (TPSA) is 46.3 Å². The molecule has 3 atom stereocenters. The van der Waals surface area contributed by atoms with E-state index in [2.05, 4.69) is 0 Å². The summed E-state index contributed by atoms with van der Waals surface area (Å²) in [5.74, 6) is -1.61. The standard InChI is InChI=1S/C14H20F2N2O.ClH/c1-8(9(2)17)14(19)18(4)10(3)12-7-11(15)5-6-13(12)16;/h5-10H,17H2,1-4H3;1H. The molecule has 3 unspecified atom stereocenters. The average molecular weight is 307 g/mol. The third-order valence-electron chi connectivity index (χ3n) is 3.51. The zero-order chi connectivity index (χ0) is 14.7. The Hall–Kier alpha value is -1.20. The van der Waals surface area contributed by atoms with Crippen LogP contribution in [0.5, 0.6) is 0 Å². The number of rotatable bonds is 4. The van der Waals surface area contributed by atoms with Crippen molar-refractivity contribution in [3.8, 4) is 0 Å². The summed E-state index contributed by atoms with van der Waals surface area (Å²) in [5, 5.41) is 0. The molecule has 0 heterocycles. The van der Waals surface area contributed by atoms with Gasteiger partial charge in [-0.15, -0.1) is 12.4 Å². The highest BCUT2D eigenvalue weighted by Crippen LogP contribution is 2.24. The lowest BCUT2D eigenvalue weighted by Crippen LogP contribution is -2.41. The molecule has 1 amide bonds. The molecule has 114 valence electrons. The maximum absolute atomic E-state index is 13.7. The molecule has 0 fully saturated rings. The van der Waals surface area contributed by atoms with E-state index in [1.165, 1.54) is 4.90 Å². The smallest absolute Gasteiger partial charge is 0.227 e. The molecule has 0 saturated carbocycles. The lowest BCUT2D eigenvalue weighted by Gasteiger charge is -2.29. The van der Waals surface area contributed by atoms with E-state index in [1.54, 1.807) is 27.8 Å². The number of hydrogen-bond acceptors (Lipinski definition) is 2. The Balaban J connectivity index is 0.00000361. The van der Waals surface area contributed by atoms with Crippen LogP contribution in [-0.4, -0.2) is 23.9 Å². The van der Waals surface area contributed by atoms with E-state index in [4.69, 9.17) is 5.73 Å². The zero-order valence-corrected chi connectivity index (χ0v) is 12.9. The largest absolute Gasteiger partial charge is 0.339 e. The minimum Gasteiger partial charge on any atom is -0.339 e. The Morgan fingerprint density at radius 1 is 1.25 bits per heavy atom. The van der Waals surface area contributed by atoms with E-state index in [1.807, 2.05) is 0 Å². The first-order valence-electron chi connectivity index (χ1n) is 6.23. The van der Waals surface area contributed by atoms with E-state index in [-0.39, 0.29) is 35.8 Å². The number of nitrogens with zero attached hydrogens (tertiary/aromatic N) is 1. The highest BCUT2D eigenvalue weighted by Gasteiger charge is 2.26. The van der Waals surface area contributed by atoms with Gasteiger partial charge in [0.2, 0.25) is 5.91 Å². The van der Waals surface area contributed by atoms with Crippen molar-refractivity contribution in [2.75, 3.05) is 7.05 Å². The second kappa shape index (κ2) is 7.55. The Labute approximate surface area is 124 Å². The molecule has 20 heavy (non-hydrogen) atoms. The van der Waals surface area contributed by atoms with Gasteiger partial charge in [-0.05, 0) is 32.0 Å². The number of halogens is 3. The Bertz CT molecular complexity index is 468. The summed E-state index contributed by atoms with van der Waals surface area (Å²) >= 11 is 0. The summed E-state index contributed by atoms with van der Waals surface area (Å²) in [7, 11) is 1.57. The Morgan fingerprint density at radius 2 is 1.80 bits per heavy atom. The lowest BCUT2D eigenvalue weighted by atomic mass is 10.0. The van der Waals surface area contributed by atoms with Gasteiger partial charge in [-0.2, -0.15) is 0 Å². The monoisotopic (exact) mass is 306 g/mol. The highest BCUT2D eigenvalue weighted by atomic mass is 35.5. The third-order valence-corrected chi connectivity index (χ3v) is 3.51.